The molecule has 0 aliphatic rings. The van der Waals surface area contributed by atoms with Crippen molar-refractivity contribution in [3.8, 4) is 0 Å². The third kappa shape index (κ3) is 4.02. The lowest BCUT2D eigenvalue weighted by atomic mass is 10.2. The maximum atomic E-state index is 12.2. The van der Waals surface area contributed by atoms with Gasteiger partial charge in [0.25, 0.3) is 10.0 Å². The molecule has 8 heteroatoms. The van der Waals surface area contributed by atoms with E-state index >= 15 is 0 Å². The topological polar surface area (TPSA) is 71.1 Å². The van der Waals surface area contributed by atoms with Gasteiger partial charge in [-0.25, -0.2) is 13.4 Å². The van der Waals surface area contributed by atoms with Gasteiger partial charge in [-0.05, 0) is 40.2 Å². The number of anilines is 1. The van der Waals surface area contributed by atoms with E-state index in [0.717, 1.165) is 22.4 Å². The Morgan fingerprint density at radius 2 is 2.00 bits per heavy atom. The number of thiazole rings is 1. The van der Waals surface area contributed by atoms with Crippen LogP contribution in [0, 0.1) is 0 Å². The summed E-state index contributed by atoms with van der Waals surface area (Å²) in [6.07, 6.45) is 1.56. The predicted molar refractivity (Wildman–Crippen MR) is 84.4 cm³/mol. The van der Waals surface area contributed by atoms with Crippen LogP contribution in [-0.4, -0.2) is 19.9 Å². The number of benzene rings is 1. The third-order valence-electron chi connectivity index (χ3n) is 2.51. The zero-order chi connectivity index (χ0) is 14.6. The lowest BCUT2D eigenvalue weighted by molar-refractivity contribution is 0.601. The van der Waals surface area contributed by atoms with Gasteiger partial charge < -0.3 is 5.32 Å². The van der Waals surface area contributed by atoms with Gasteiger partial charge in [-0.15, -0.1) is 0 Å². The normalized spacial score (nSPS) is 11.5. The minimum Gasteiger partial charge on any atom is -0.313 e. The lowest BCUT2D eigenvalue weighted by Gasteiger charge is -2.06. The molecular formula is C12H14BrN3O2S2. The average Bonchev–Trinajstić information content (AvgIpc) is 2.81. The Bertz CT molecular complexity index is 668. The van der Waals surface area contributed by atoms with Gasteiger partial charge in [-0.2, -0.15) is 0 Å². The van der Waals surface area contributed by atoms with E-state index in [0.29, 0.717) is 5.13 Å². The fourth-order valence-corrected chi connectivity index (χ4v) is 3.88. The molecule has 0 spiro atoms. The molecule has 0 amide bonds. The van der Waals surface area contributed by atoms with Gasteiger partial charge in [0.15, 0.2) is 5.13 Å². The molecule has 0 saturated heterocycles. The zero-order valence-corrected chi connectivity index (χ0v) is 14.0. The summed E-state index contributed by atoms with van der Waals surface area (Å²) in [4.78, 5) is 4.18. The summed E-state index contributed by atoms with van der Waals surface area (Å²) >= 11 is 4.47. The Morgan fingerprint density at radius 1 is 1.30 bits per heavy atom. The molecule has 0 bridgehead atoms. The fourth-order valence-electron chi connectivity index (χ4n) is 1.53. The number of halogens is 1. The summed E-state index contributed by atoms with van der Waals surface area (Å²) in [5.74, 6) is 0. The van der Waals surface area contributed by atoms with Gasteiger partial charge in [0.2, 0.25) is 0 Å². The largest absolute Gasteiger partial charge is 0.313 e. The summed E-state index contributed by atoms with van der Waals surface area (Å²) < 4.78 is 27.5. The van der Waals surface area contributed by atoms with Gasteiger partial charge in [0, 0.05) is 6.54 Å². The van der Waals surface area contributed by atoms with Gasteiger partial charge in [-0.1, -0.05) is 30.4 Å². The van der Waals surface area contributed by atoms with Gasteiger partial charge in [-0.3, -0.25) is 4.72 Å². The smallest absolute Gasteiger partial charge is 0.263 e. The van der Waals surface area contributed by atoms with Crippen LogP contribution in [0.4, 0.5) is 5.13 Å². The van der Waals surface area contributed by atoms with E-state index in [9.17, 15) is 8.42 Å². The second-order valence-corrected chi connectivity index (χ2v) is 8.09. The van der Waals surface area contributed by atoms with Crippen LogP contribution in [-0.2, 0) is 16.6 Å². The second kappa shape index (κ2) is 6.66. The third-order valence-corrected chi connectivity index (χ3v) is 5.39. The van der Waals surface area contributed by atoms with Crippen LogP contribution in [0.3, 0.4) is 0 Å². The highest BCUT2D eigenvalue weighted by atomic mass is 79.9. The molecule has 1 heterocycles. The van der Waals surface area contributed by atoms with Crippen LogP contribution in [0.5, 0.6) is 0 Å². The molecule has 20 heavy (non-hydrogen) atoms. The lowest BCUT2D eigenvalue weighted by Crippen LogP contribution is -2.14. The summed E-state index contributed by atoms with van der Waals surface area (Å²) in [6, 6.07) is 6.79. The maximum Gasteiger partial charge on any atom is 0.263 e. The zero-order valence-electron chi connectivity index (χ0n) is 10.8. The quantitative estimate of drug-likeness (QED) is 0.814. The summed E-state index contributed by atoms with van der Waals surface area (Å²) in [5.41, 5.74) is 1.04. The van der Waals surface area contributed by atoms with Crippen molar-refractivity contribution < 1.29 is 8.42 Å². The van der Waals surface area contributed by atoms with E-state index < -0.39 is 10.0 Å². The highest BCUT2D eigenvalue weighted by Crippen LogP contribution is 2.25. The van der Waals surface area contributed by atoms with Crippen molar-refractivity contribution in [2.24, 2.45) is 0 Å². The van der Waals surface area contributed by atoms with Crippen molar-refractivity contribution >= 4 is 42.4 Å². The van der Waals surface area contributed by atoms with Gasteiger partial charge in [0.05, 0.1) is 14.9 Å². The molecule has 0 fully saturated rings. The molecule has 0 saturated carbocycles. The number of nitrogens with one attached hydrogen (secondary N) is 2. The van der Waals surface area contributed by atoms with Crippen molar-refractivity contribution in [1.29, 1.82) is 0 Å². The Hall–Kier alpha value is -0.960. The molecule has 108 valence electrons. The van der Waals surface area contributed by atoms with Crippen molar-refractivity contribution in [1.82, 2.24) is 10.3 Å². The number of hydrogen-bond donors (Lipinski definition) is 2. The van der Waals surface area contributed by atoms with Crippen molar-refractivity contribution in [3.05, 3.63) is 39.8 Å². The summed E-state index contributed by atoms with van der Waals surface area (Å²) in [6.45, 7) is 3.62. The first-order valence-corrected chi connectivity index (χ1v) is 9.04. The molecule has 5 nitrogen and oxygen atoms in total. The van der Waals surface area contributed by atoms with Gasteiger partial charge >= 0.3 is 0 Å². The first kappa shape index (κ1) is 15.4. The van der Waals surface area contributed by atoms with Crippen LogP contribution < -0.4 is 10.0 Å². The molecule has 2 rings (SSSR count). The first-order chi connectivity index (χ1) is 9.51. The molecule has 0 aliphatic heterocycles. The SMILES string of the molecule is CCNCc1ccc(S(=O)(=O)Nc2ncc(Br)s2)cc1. The van der Waals surface area contributed by atoms with Crippen LogP contribution in [0.2, 0.25) is 0 Å². The highest BCUT2D eigenvalue weighted by molar-refractivity contribution is 9.11. The predicted octanol–water partition coefficient (Wildman–Crippen LogP) is 2.82. The minimum atomic E-state index is -3.58. The van der Waals surface area contributed by atoms with Crippen molar-refractivity contribution in [3.63, 3.8) is 0 Å². The average molecular weight is 376 g/mol. The molecule has 0 unspecified atom stereocenters. The van der Waals surface area contributed by atoms with E-state index in [4.69, 9.17) is 0 Å². The molecule has 0 radical (unpaired) electrons. The Morgan fingerprint density at radius 3 is 2.55 bits per heavy atom. The molecular weight excluding hydrogens is 362 g/mol. The maximum absolute atomic E-state index is 12.2. The molecule has 1 aromatic carbocycles. The monoisotopic (exact) mass is 375 g/mol. The number of sulfonamides is 1. The van der Waals surface area contributed by atoms with Crippen LogP contribution in [0.15, 0.2) is 39.1 Å². The standard InChI is InChI=1S/C12H14BrN3O2S2/c1-2-14-7-9-3-5-10(6-4-9)20(17,18)16-12-15-8-11(13)19-12/h3-6,8,14H,2,7H2,1H3,(H,15,16). The molecule has 1 aromatic heterocycles. The number of aromatic nitrogens is 1. The van der Waals surface area contributed by atoms with Crippen LogP contribution >= 0.6 is 27.3 Å². The summed E-state index contributed by atoms with van der Waals surface area (Å²) in [5, 5.41) is 3.53. The van der Waals surface area contributed by atoms with E-state index in [1.54, 1.807) is 30.5 Å². The van der Waals surface area contributed by atoms with E-state index in [2.05, 4.69) is 31.0 Å². The minimum absolute atomic E-state index is 0.226. The Balaban J connectivity index is 2.13. The Labute approximate surface area is 130 Å². The molecule has 2 N–H and O–H groups in total. The first-order valence-electron chi connectivity index (χ1n) is 5.95. The highest BCUT2D eigenvalue weighted by Gasteiger charge is 2.15. The molecule has 0 aliphatic carbocycles. The fraction of sp³-hybridized carbons (Fsp3) is 0.250. The van der Waals surface area contributed by atoms with Crippen molar-refractivity contribution in [2.75, 3.05) is 11.3 Å². The van der Waals surface area contributed by atoms with Crippen LogP contribution in [0.25, 0.3) is 0 Å². The van der Waals surface area contributed by atoms with E-state index in [1.807, 2.05) is 6.92 Å². The molecule has 0 atom stereocenters. The number of nitrogens with zero attached hydrogens (tertiary/aromatic N) is 1. The Kier molecular flexibility index (Phi) is 5.14. The number of rotatable bonds is 6. The molecule has 2 aromatic rings. The van der Waals surface area contributed by atoms with E-state index in [-0.39, 0.29) is 4.90 Å². The summed E-state index contributed by atoms with van der Waals surface area (Å²) in [7, 11) is -3.58. The van der Waals surface area contributed by atoms with Crippen LogP contribution in [0.1, 0.15) is 12.5 Å². The number of hydrogen-bond acceptors (Lipinski definition) is 5. The second-order valence-electron chi connectivity index (χ2n) is 4.00. The van der Waals surface area contributed by atoms with Crippen molar-refractivity contribution in [2.45, 2.75) is 18.4 Å². The van der Waals surface area contributed by atoms with E-state index in [1.165, 1.54) is 11.3 Å². The van der Waals surface area contributed by atoms with Gasteiger partial charge in [0.1, 0.15) is 0 Å².